The molecule has 14 heteroatoms. The Bertz CT molecular complexity index is 1360. The van der Waals surface area contributed by atoms with E-state index < -0.39 is 11.6 Å². The van der Waals surface area contributed by atoms with Crippen LogP contribution in [0.5, 0.6) is 0 Å². The zero-order valence-corrected chi connectivity index (χ0v) is 19.5. The molecule has 2 aromatic carbocycles. The van der Waals surface area contributed by atoms with Gasteiger partial charge in [-0.2, -0.15) is 29.9 Å². The summed E-state index contributed by atoms with van der Waals surface area (Å²) in [5.41, 5.74) is 1.15. The van der Waals surface area contributed by atoms with Crippen LogP contribution in [0, 0.1) is 0 Å². The molecule has 34 heavy (non-hydrogen) atoms. The van der Waals surface area contributed by atoms with Crippen molar-refractivity contribution in [3.05, 3.63) is 79.8 Å². The van der Waals surface area contributed by atoms with Gasteiger partial charge in [0.25, 0.3) is 0 Å². The first-order chi connectivity index (χ1) is 16.3. The zero-order chi connectivity index (χ0) is 24.0. The van der Waals surface area contributed by atoms with Crippen LogP contribution in [0.15, 0.2) is 36.4 Å². The molecule has 0 aliphatic heterocycles. The van der Waals surface area contributed by atoms with Gasteiger partial charge in [0, 0.05) is 11.1 Å². The van der Waals surface area contributed by atoms with Gasteiger partial charge in [-0.15, -0.1) is 0 Å². The summed E-state index contributed by atoms with van der Waals surface area (Å²) in [4.78, 5) is 50.2. The second-order valence-electron chi connectivity index (χ2n) is 6.76. The molecule has 0 radical (unpaired) electrons. The van der Waals surface area contributed by atoms with Crippen LogP contribution >= 0.6 is 46.4 Å². The van der Waals surface area contributed by atoms with E-state index in [-0.39, 0.29) is 66.7 Å². The van der Waals surface area contributed by atoms with E-state index in [0.717, 1.165) is 0 Å². The van der Waals surface area contributed by atoms with Crippen LogP contribution in [-0.2, 0) is 0 Å². The van der Waals surface area contributed by atoms with Crippen molar-refractivity contribution >= 4 is 81.2 Å². The largest absolute Gasteiger partial charge is 0.323 e. The van der Waals surface area contributed by atoms with Gasteiger partial charge in [0.05, 0.1) is 22.5 Å². The summed E-state index contributed by atoms with van der Waals surface area (Å²) in [5, 5.41) is 5.19. The molecule has 0 spiro atoms. The van der Waals surface area contributed by atoms with E-state index >= 15 is 0 Å². The lowest BCUT2D eigenvalue weighted by Gasteiger charge is -2.23. The highest BCUT2D eigenvalue weighted by Crippen LogP contribution is 2.38. The number of aromatic nitrogens is 6. The fourth-order valence-corrected chi connectivity index (χ4v) is 4.16. The smallest absolute Gasteiger partial charge is 0.232 e. The normalized spacial score (nSPS) is 12.2. The molecule has 0 amide bonds. The zero-order valence-electron chi connectivity index (χ0n) is 16.5. The number of nitrogens with zero attached hydrogens (tertiary/aromatic N) is 6. The Kier molecular flexibility index (Phi) is 5.74. The summed E-state index contributed by atoms with van der Waals surface area (Å²) in [6.07, 6.45) is 0. The summed E-state index contributed by atoms with van der Waals surface area (Å²) >= 11 is 23.4. The number of fused-ring (bicyclic) bond motifs is 2. The monoisotopic (exact) mass is 532 g/mol. The number of hydrogen-bond donors (Lipinski definition) is 2. The van der Waals surface area contributed by atoms with Crippen molar-refractivity contribution in [2.24, 2.45) is 0 Å². The highest BCUT2D eigenvalue weighted by Gasteiger charge is 2.34. The molecule has 2 N–H and O–H groups in total. The third-order valence-electron chi connectivity index (χ3n) is 4.73. The van der Waals surface area contributed by atoms with E-state index in [9.17, 15) is 9.59 Å². The van der Waals surface area contributed by atoms with Gasteiger partial charge in [-0.05, 0) is 58.5 Å². The second kappa shape index (κ2) is 8.73. The molecule has 5 rings (SSSR count). The minimum absolute atomic E-state index is 0.0111. The molecule has 2 aromatic heterocycles. The Morgan fingerprint density at radius 3 is 1.24 bits per heavy atom. The average molecular weight is 534 g/mol. The van der Waals surface area contributed by atoms with Crippen LogP contribution in [0.3, 0.4) is 0 Å². The molecule has 0 saturated heterocycles. The van der Waals surface area contributed by atoms with E-state index in [0.29, 0.717) is 0 Å². The second-order valence-corrected chi connectivity index (χ2v) is 8.11. The molecule has 168 valence electrons. The summed E-state index contributed by atoms with van der Waals surface area (Å²) in [6.45, 7) is 0. The van der Waals surface area contributed by atoms with Crippen molar-refractivity contribution in [2.45, 2.75) is 0 Å². The Morgan fingerprint density at radius 1 is 0.529 bits per heavy atom. The first-order valence-electron chi connectivity index (χ1n) is 9.34. The van der Waals surface area contributed by atoms with E-state index in [4.69, 9.17) is 46.4 Å². The third kappa shape index (κ3) is 4.12. The van der Waals surface area contributed by atoms with Gasteiger partial charge in [-0.1, -0.05) is 24.3 Å². The van der Waals surface area contributed by atoms with Crippen molar-refractivity contribution in [1.29, 1.82) is 0 Å². The number of carbonyl (C=O) groups is 2. The van der Waals surface area contributed by atoms with Gasteiger partial charge in [0.2, 0.25) is 33.0 Å². The standard InChI is InChI=1S/C20H8Cl4N8O2/c21-15-27-16(22)30-19(29-15)25-9-5-6-10(26-20-31-17(23)28-18(24)32-20)12-11(9)13(33)7-3-1-2-4-8(7)14(12)34/h1-6H,(H,25,27,29,30)(H,26,28,31,32). The SMILES string of the molecule is O=C1c2ccccc2C(=O)c2c(Nc3nc(Cl)nc(Cl)n3)ccc(Nc3nc(Cl)nc(Cl)n3)c21. The Balaban J connectivity index is 1.68. The molecular weight excluding hydrogens is 526 g/mol. The van der Waals surface area contributed by atoms with Crippen molar-refractivity contribution < 1.29 is 9.59 Å². The number of rotatable bonds is 4. The molecule has 0 fully saturated rings. The molecule has 1 aliphatic rings. The lowest BCUT2D eigenvalue weighted by Crippen LogP contribution is -2.23. The summed E-state index contributed by atoms with van der Waals surface area (Å²) in [7, 11) is 0. The van der Waals surface area contributed by atoms with Crippen LogP contribution in [0.2, 0.25) is 21.1 Å². The van der Waals surface area contributed by atoms with Crippen molar-refractivity contribution in [3.8, 4) is 0 Å². The van der Waals surface area contributed by atoms with Crippen LogP contribution < -0.4 is 10.6 Å². The topological polar surface area (TPSA) is 136 Å². The molecule has 1 aliphatic carbocycles. The Morgan fingerprint density at radius 2 is 0.882 bits per heavy atom. The Hall–Kier alpha value is -3.44. The molecular formula is C20H8Cl4N8O2. The molecule has 4 aromatic rings. The maximum Gasteiger partial charge on any atom is 0.232 e. The fraction of sp³-hybridized carbons (Fsp3) is 0. The van der Waals surface area contributed by atoms with Gasteiger partial charge >= 0.3 is 0 Å². The number of anilines is 4. The Labute approximate surface area is 210 Å². The van der Waals surface area contributed by atoms with Crippen LogP contribution in [0.1, 0.15) is 31.8 Å². The molecule has 0 saturated carbocycles. The van der Waals surface area contributed by atoms with E-state index in [1.54, 1.807) is 36.4 Å². The third-order valence-corrected chi connectivity index (χ3v) is 5.41. The summed E-state index contributed by atoms with van der Waals surface area (Å²) in [6, 6.07) is 9.59. The molecule has 0 atom stereocenters. The lowest BCUT2D eigenvalue weighted by atomic mass is 9.82. The van der Waals surface area contributed by atoms with Crippen molar-refractivity contribution in [3.63, 3.8) is 0 Å². The van der Waals surface area contributed by atoms with Crippen molar-refractivity contribution in [1.82, 2.24) is 29.9 Å². The number of halogens is 4. The minimum Gasteiger partial charge on any atom is -0.323 e. The van der Waals surface area contributed by atoms with Gasteiger partial charge in [0.1, 0.15) is 0 Å². The summed E-state index contributed by atoms with van der Waals surface area (Å²) < 4.78 is 0. The van der Waals surface area contributed by atoms with Gasteiger partial charge < -0.3 is 10.6 Å². The highest BCUT2D eigenvalue weighted by atomic mass is 35.5. The lowest BCUT2D eigenvalue weighted by molar-refractivity contribution is 0.0980. The molecule has 0 bridgehead atoms. The number of carbonyl (C=O) groups excluding carboxylic acids is 2. The quantitative estimate of drug-likeness (QED) is 0.327. The molecule has 10 nitrogen and oxygen atoms in total. The van der Waals surface area contributed by atoms with Gasteiger partial charge in [-0.3, -0.25) is 9.59 Å². The molecule has 2 heterocycles. The van der Waals surface area contributed by atoms with Crippen molar-refractivity contribution in [2.75, 3.05) is 10.6 Å². The van der Waals surface area contributed by atoms with Gasteiger partial charge in [-0.25, -0.2) is 0 Å². The predicted octanol–water partition coefficient (Wildman–Crippen LogP) is 4.93. The van der Waals surface area contributed by atoms with Crippen LogP contribution in [-0.4, -0.2) is 41.5 Å². The minimum atomic E-state index is -0.394. The first-order valence-corrected chi connectivity index (χ1v) is 10.8. The van der Waals surface area contributed by atoms with Crippen LogP contribution in [0.4, 0.5) is 23.3 Å². The predicted molar refractivity (Wildman–Crippen MR) is 126 cm³/mol. The summed E-state index contributed by atoms with van der Waals surface area (Å²) in [5.74, 6) is -0.810. The van der Waals surface area contributed by atoms with E-state index in [1.807, 2.05) is 0 Å². The number of benzene rings is 2. The average Bonchev–Trinajstić information content (AvgIpc) is 2.77. The van der Waals surface area contributed by atoms with E-state index in [1.165, 1.54) is 0 Å². The fourth-order valence-electron chi connectivity index (χ4n) is 3.44. The molecule has 0 unspecified atom stereocenters. The maximum atomic E-state index is 13.5. The number of hydrogen-bond acceptors (Lipinski definition) is 10. The maximum absolute atomic E-state index is 13.5. The van der Waals surface area contributed by atoms with Crippen LogP contribution in [0.25, 0.3) is 0 Å². The van der Waals surface area contributed by atoms with E-state index in [2.05, 4.69) is 40.5 Å². The highest BCUT2D eigenvalue weighted by molar-refractivity contribution is 6.33. The first kappa shape index (κ1) is 22.4. The van der Waals surface area contributed by atoms with Gasteiger partial charge in [0.15, 0.2) is 11.6 Å². The number of ketones is 2. The number of nitrogens with one attached hydrogen (secondary N) is 2.